The Kier molecular flexibility index (Phi) is 4.11. The van der Waals surface area contributed by atoms with E-state index in [9.17, 15) is 0 Å². The highest BCUT2D eigenvalue weighted by Crippen LogP contribution is 2.51. The normalized spacial score (nSPS) is 32.1. The Hall–Kier alpha value is -0.860. The third-order valence-electron chi connectivity index (χ3n) is 5.65. The molecule has 1 saturated carbocycles. The van der Waals surface area contributed by atoms with Gasteiger partial charge in [0.2, 0.25) is 0 Å². The molecule has 1 aliphatic carbocycles. The Morgan fingerprint density at radius 2 is 2.00 bits per heavy atom. The molecule has 3 rings (SSSR count). The molecular weight excluding hydrogens is 258 g/mol. The van der Waals surface area contributed by atoms with E-state index >= 15 is 0 Å². The molecule has 0 radical (unpaired) electrons. The Morgan fingerprint density at radius 3 is 2.67 bits per heavy atom. The van der Waals surface area contributed by atoms with Gasteiger partial charge >= 0.3 is 0 Å². The second-order valence-electron chi connectivity index (χ2n) is 7.38. The van der Waals surface area contributed by atoms with Crippen molar-refractivity contribution in [2.75, 3.05) is 6.61 Å². The molecule has 1 N–H and O–H groups in total. The maximum absolute atomic E-state index is 6.00. The average Bonchev–Trinajstić information content (AvgIpc) is 2.52. The van der Waals surface area contributed by atoms with E-state index in [0.717, 1.165) is 13.0 Å². The predicted octanol–water partition coefficient (Wildman–Crippen LogP) is 4.10. The molecular formula is C19H29NO. The molecule has 1 aliphatic heterocycles. The van der Waals surface area contributed by atoms with Crippen LogP contribution >= 0.6 is 0 Å². The van der Waals surface area contributed by atoms with E-state index in [1.807, 2.05) is 0 Å². The Morgan fingerprint density at radius 1 is 1.29 bits per heavy atom. The first-order valence-corrected chi connectivity index (χ1v) is 8.50. The molecule has 0 aromatic heterocycles. The highest BCUT2D eigenvalue weighted by molar-refractivity contribution is 5.25. The van der Waals surface area contributed by atoms with Crippen LogP contribution in [-0.2, 0) is 11.2 Å². The summed E-state index contributed by atoms with van der Waals surface area (Å²) in [6.07, 6.45) is 4.10. The molecule has 1 aromatic rings. The molecule has 1 heterocycles. The van der Waals surface area contributed by atoms with E-state index in [4.69, 9.17) is 4.74 Å². The van der Waals surface area contributed by atoms with Crippen LogP contribution in [0.1, 0.15) is 57.7 Å². The van der Waals surface area contributed by atoms with Crippen molar-refractivity contribution in [2.45, 2.75) is 65.1 Å². The minimum atomic E-state index is 0.253. The molecule has 1 aromatic carbocycles. The van der Waals surface area contributed by atoms with Gasteiger partial charge in [-0.15, -0.1) is 0 Å². The molecule has 4 atom stereocenters. The van der Waals surface area contributed by atoms with Crippen molar-refractivity contribution in [3.05, 3.63) is 35.4 Å². The van der Waals surface area contributed by atoms with Gasteiger partial charge in [-0.3, -0.25) is 0 Å². The largest absolute Gasteiger partial charge is 0.377 e. The predicted molar refractivity (Wildman–Crippen MR) is 87.4 cm³/mol. The fraction of sp³-hybridized carbons (Fsp3) is 0.684. The molecule has 2 nitrogen and oxygen atoms in total. The zero-order chi connectivity index (χ0) is 15.0. The van der Waals surface area contributed by atoms with E-state index in [0.29, 0.717) is 24.1 Å². The van der Waals surface area contributed by atoms with E-state index < -0.39 is 0 Å². The molecule has 0 amide bonds. The number of aryl methyl sites for hydroxylation is 1. The third-order valence-corrected chi connectivity index (χ3v) is 5.65. The lowest BCUT2D eigenvalue weighted by Gasteiger charge is -2.60. The first-order chi connectivity index (χ1) is 10.0. The van der Waals surface area contributed by atoms with E-state index in [2.05, 4.69) is 57.3 Å². The van der Waals surface area contributed by atoms with Crippen LogP contribution in [0.15, 0.2) is 24.3 Å². The Labute approximate surface area is 129 Å². The summed E-state index contributed by atoms with van der Waals surface area (Å²) in [6, 6.07) is 10.0. The van der Waals surface area contributed by atoms with Crippen LogP contribution in [0.4, 0.5) is 0 Å². The second kappa shape index (κ2) is 5.73. The van der Waals surface area contributed by atoms with Gasteiger partial charge in [0.15, 0.2) is 0 Å². The van der Waals surface area contributed by atoms with Crippen molar-refractivity contribution in [3.8, 4) is 0 Å². The Balaban J connectivity index is 1.67. The van der Waals surface area contributed by atoms with E-state index in [-0.39, 0.29) is 5.41 Å². The lowest BCUT2D eigenvalue weighted by molar-refractivity contribution is -0.194. The minimum absolute atomic E-state index is 0.253. The summed E-state index contributed by atoms with van der Waals surface area (Å²) in [4.78, 5) is 0. The van der Waals surface area contributed by atoms with Gasteiger partial charge in [0.1, 0.15) is 0 Å². The summed E-state index contributed by atoms with van der Waals surface area (Å²) < 4.78 is 6.00. The van der Waals surface area contributed by atoms with Gasteiger partial charge in [0, 0.05) is 30.0 Å². The van der Waals surface area contributed by atoms with E-state index in [1.54, 1.807) is 0 Å². The standard InChI is InChI=1S/C19H29NO/c1-5-14-8-10-15(11-9-14)13(2)20-17-16-7-6-12-21-18(16)19(17,3)4/h8-11,13,16-18,20H,5-7,12H2,1-4H3. The summed E-state index contributed by atoms with van der Waals surface area (Å²) in [5, 5.41) is 3.88. The smallest absolute Gasteiger partial charge is 0.0684 e. The van der Waals surface area contributed by atoms with Gasteiger partial charge in [-0.1, -0.05) is 45.0 Å². The molecule has 2 aliphatic rings. The van der Waals surface area contributed by atoms with Crippen molar-refractivity contribution in [1.82, 2.24) is 5.32 Å². The van der Waals surface area contributed by atoms with Crippen LogP contribution in [0.2, 0.25) is 0 Å². The molecule has 116 valence electrons. The number of nitrogens with one attached hydrogen (secondary N) is 1. The van der Waals surface area contributed by atoms with Gasteiger partial charge in [0.05, 0.1) is 6.10 Å². The lowest BCUT2D eigenvalue weighted by Crippen LogP contribution is -2.69. The number of hydrogen-bond donors (Lipinski definition) is 1. The SMILES string of the molecule is CCc1ccc(C(C)NC2C3CCCOC3C2(C)C)cc1. The summed E-state index contributed by atoms with van der Waals surface area (Å²) in [5.74, 6) is 0.700. The topological polar surface area (TPSA) is 21.3 Å². The van der Waals surface area contributed by atoms with Crippen molar-refractivity contribution >= 4 is 0 Å². The molecule has 0 spiro atoms. The zero-order valence-corrected chi connectivity index (χ0v) is 13.9. The van der Waals surface area contributed by atoms with Crippen LogP contribution in [0.5, 0.6) is 0 Å². The van der Waals surface area contributed by atoms with E-state index in [1.165, 1.54) is 24.0 Å². The van der Waals surface area contributed by atoms with Crippen molar-refractivity contribution < 1.29 is 4.74 Å². The maximum atomic E-state index is 6.00. The fourth-order valence-corrected chi connectivity index (χ4v) is 4.27. The number of hydrogen-bond acceptors (Lipinski definition) is 2. The number of ether oxygens (including phenoxy) is 1. The maximum Gasteiger partial charge on any atom is 0.0684 e. The van der Waals surface area contributed by atoms with Crippen molar-refractivity contribution in [1.29, 1.82) is 0 Å². The highest BCUT2D eigenvalue weighted by atomic mass is 16.5. The second-order valence-corrected chi connectivity index (χ2v) is 7.38. The molecule has 4 unspecified atom stereocenters. The van der Waals surface area contributed by atoms with Gasteiger partial charge in [0.25, 0.3) is 0 Å². The van der Waals surface area contributed by atoms with Crippen LogP contribution < -0.4 is 5.32 Å². The van der Waals surface area contributed by atoms with Crippen LogP contribution in [0, 0.1) is 11.3 Å². The quantitative estimate of drug-likeness (QED) is 0.900. The number of fused-ring (bicyclic) bond motifs is 1. The average molecular weight is 287 g/mol. The van der Waals surface area contributed by atoms with Crippen molar-refractivity contribution in [3.63, 3.8) is 0 Å². The van der Waals surface area contributed by atoms with Gasteiger partial charge in [-0.05, 0) is 37.3 Å². The zero-order valence-electron chi connectivity index (χ0n) is 13.9. The number of benzene rings is 1. The lowest BCUT2D eigenvalue weighted by atomic mass is 9.55. The Bertz CT molecular complexity index is 479. The first kappa shape index (κ1) is 15.1. The molecule has 21 heavy (non-hydrogen) atoms. The highest BCUT2D eigenvalue weighted by Gasteiger charge is 2.57. The molecule has 2 fully saturated rings. The summed E-state index contributed by atoms with van der Waals surface area (Å²) in [5.41, 5.74) is 3.06. The number of rotatable bonds is 4. The molecule has 1 saturated heterocycles. The van der Waals surface area contributed by atoms with Gasteiger partial charge < -0.3 is 10.1 Å². The van der Waals surface area contributed by atoms with Gasteiger partial charge in [-0.2, -0.15) is 0 Å². The van der Waals surface area contributed by atoms with Gasteiger partial charge in [-0.25, -0.2) is 0 Å². The molecule has 0 bridgehead atoms. The fourth-order valence-electron chi connectivity index (χ4n) is 4.27. The first-order valence-electron chi connectivity index (χ1n) is 8.50. The minimum Gasteiger partial charge on any atom is -0.377 e. The van der Waals surface area contributed by atoms with Crippen LogP contribution in [0.3, 0.4) is 0 Å². The van der Waals surface area contributed by atoms with Crippen LogP contribution in [-0.4, -0.2) is 18.8 Å². The summed E-state index contributed by atoms with van der Waals surface area (Å²) >= 11 is 0. The summed E-state index contributed by atoms with van der Waals surface area (Å²) in [6.45, 7) is 10.1. The van der Waals surface area contributed by atoms with Crippen LogP contribution in [0.25, 0.3) is 0 Å². The summed E-state index contributed by atoms with van der Waals surface area (Å²) in [7, 11) is 0. The monoisotopic (exact) mass is 287 g/mol. The molecule has 2 heteroatoms. The van der Waals surface area contributed by atoms with Crippen molar-refractivity contribution in [2.24, 2.45) is 11.3 Å². The third kappa shape index (κ3) is 2.64.